The van der Waals surface area contributed by atoms with Crippen LogP contribution in [-0.2, 0) is 4.79 Å². The monoisotopic (exact) mass is 227 g/mol. The van der Waals surface area contributed by atoms with Crippen molar-refractivity contribution < 1.29 is 9.90 Å². The third-order valence-electron chi connectivity index (χ3n) is 2.77. The molecular formula is C9H13N3O2S. The van der Waals surface area contributed by atoms with Crippen LogP contribution in [0.1, 0.15) is 25.7 Å². The summed E-state index contributed by atoms with van der Waals surface area (Å²) in [5.41, 5.74) is 0. The summed E-state index contributed by atoms with van der Waals surface area (Å²) in [6.07, 6.45) is 4.83. The van der Waals surface area contributed by atoms with E-state index in [0.29, 0.717) is 6.04 Å². The molecule has 0 radical (unpaired) electrons. The number of carboxylic acids is 1. The number of nitrogens with one attached hydrogen (secondary N) is 1. The number of nitrogens with zero attached hydrogens (tertiary/aromatic N) is 2. The van der Waals surface area contributed by atoms with Gasteiger partial charge in [-0.15, -0.1) is 0 Å². The van der Waals surface area contributed by atoms with E-state index >= 15 is 0 Å². The zero-order chi connectivity index (χ0) is 10.7. The van der Waals surface area contributed by atoms with Crippen LogP contribution >= 0.6 is 11.5 Å². The van der Waals surface area contributed by atoms with Gasteiger partial charge in [-0.2, -0.15) is 4.37 Å². The van der Waals surface area contributed by atoms with Crippen LogP contribution in [0.3, 0.4) is 0 Å². The Labute approximate surface area is 91.7 Å². The number of hydrogen-bond donors (Lipinski definition) is 2. The number of carbonyl (C=O) groups is 1. The van der Waals surface area contributed by atoms with Gasteiger partial charge in [0, 0.05) is 17.6 Å². The number of aliphatic carboxylic acids is 1. The van der Waals surface area contributed by atoms with Crippen LogP contribution in [0.2, 0.25) is 0 Å². The fourth-order valence-electron chi connectivity index (χ4n) is 1.90. The lowest BCUT2D eigenvalue weighted by Gasteiger charge is -2.26. The predicted octanol–water partition coefficient (Wildman–Crippen LogP) is 1.59. The van der Waals surface area contributed by atoms with E-state index in [0.717, 1.165) is 30.8 Å². The predicted molar refractivity (Wildman–Crippen MR) is 56.9 cm³/mol. The van der Waals surface area contributed by atoms with Crippen molar-refractivity contribution in [2.24, 2.45) is 5.92 Å². The highest BCUT2D eigenvalue weighted by Gasteiger charge is 2.25. The van der Waals surface area contributed by atoms with Crippen LogP contribution in [-0.4, -0.2) is 26.5 Å². The Morgan fingerprint density at radius 1 is 1.47 bits per heavy atom. The topological polar surface area (TPSA) is 75.1 Å². The van der Waals surface area contributed by atoms with Crippen molar-refractivity contribution in [3.8, 4) is 0 Å². The molecule has 2 rings (SSSR count). The van der Waals surface area contributed by atoms with Gasteiger partial charge in [0.1, 0.15) is 6.33 Å². The number of rotatable bonds is 3. The largest absolute Gasteiger partial charge is 0.481 e. The van der Waals surface area contributed by atoms with E-state index in [9.17, 15) is 4.79 Å². The fraction of sp³-hybridized carbons (Fsp3) is 0.667. The molecule has 0 aliphatic heterocycles. The molecule has 0 atom stereocenters. The quantitative estimate of drug-likeness (QED) is 0.820. The molecule has 0 unspecified atom stereocenters. The van der Waals surface area contributed by atoms with Crippen molar-refractivity contribution in [2.45, 2.75) is 31.7 Å². The zero-order valence-electron chi connectivity index (χ0n) is 8.22. The minimum absolute atomic E-state index is 0.155. The maximum atomic E-state index is 10.7. The molecule has 0 saturated heterocycles. The molecule has 6 heteroatoms. The first kappa shape index (κ1) is 10.4. The van der Waals surface area contributed by atoms with Gasteiger partial charge in [0.15, 0.2) is 0 Å². The Morgan fingerprint density at radius 2 is 2.20 bits per heavy atom. The van der Waals surface area contributed by atoms with Crippen LogP contribution in [0.5, 0.6) is 0 Å². The third-order valence-corrected chi connectivity index (χ3v) is 3.36. The molecule has 1 saturated carbocycles. The van der Waals surface area contributed by atoms with E-state index in [4.69, 9.17) is 5.11 Å². The van der Waals surface area contributed by atoms with Gasteiger partial charge in [0.25, 0.3) is 0 Å². The van der Waals surface area contributed by atoms with Crippen LogP contribution in [0.25, 0.3) is 0 Å². The third kappa shape index (κ3) is 2.65. The number of hydrogen-bond acceptors (Lipinski definition) is 5. The molecular weight excluding hydrogens is 214 g/mol. The van der Waals surface area contributed by atoms with Crippen LogP contribution in [0, 0.1) is 5.92 Å². The minimum atomic E-state index is -0.663. The summed E-state index contributed by atoms with van der Waals surface area (Å²) in [4.78, 5) is 14.8. The highest BCUT2D eigenvalue weighted by atomic mass is 32.1. The highest BCUT2D eigenvalue weighted by molar-refractivity contribution is 7.09. The molecule has 82 valence electrons. The summed E-state index contributed by atoms with van der Waals surface area (Å²) in [7, 11) is 0. The van der Waals surface area contributed by atoms with Crippen LogP contribution in [0.15, 0.2) is 6.33 Å². The summed E-state index contributed by atoms with van der Waals surface area (Å²) < 4.78 is 3.90. The average Bonchev–Trinajstić information content (AvgIpc) is 2.71. The maximum Gasteiger partial charge on any atom is 0.306 e. The molecule has 15 heavy (non-hydrogen) atoms. The number of anilines is 1. The van der Waals surface area contributed by atoms with Gasteiger partial charge >= 0.3 is 5.97 Å². The molecule has 0 bridgehead atoms. The van der Waals surface area contributed by atoms with Crippen molar-refractivity contribution in [1.29, 1.82) is 0 Å². The smallest absolute Gasteiger partial charge is 0.306 e. The van der Waals surface area contributed by atoms with E-state index in [1.807, 2.05) is 0 Å². The van der Waals surface area contributed by atoms with Gasteiger partial charge in [0.2, 0.25) is 5.13 Å². The molecule has 0 spiro atoms. The zero-order valence-corrected chi connectivity index (χ0v) is 9.04. The van der Waals surface area contributed by atoms with E-state index < -0.39 is 5.97 Å². The molecule has 1 aliphatic carbocycles. The Balaban J connectivity index is 1.81. The summed E-state index contributed by atoms with van der Waals surface area (Å²) in [6, 6.07) is 0.355. The first-order valence-corrected chi connectivity index (χ1v) is 5.79. The lowest BCUT2D eigenvalue weighted by molar-refractivity contribution is -0.142. The summed E-state index contributed by atoms with van der Waals surface area (Å²) in [6.45, 7) is 0. The molecule has 1 aliphatic rings. The number of aromatic nitrogens is 2. The van der Waals surface area contributed by atoms with Gasteiger partial charge < -0.3 is 10.4 Å². The molecule has 0 amide bonds. The molecule has 1 fully saturated rings. The molecule has 1 heterocycles. The van der Waals surface area contributed by atoms with Crippen molar-refractivity contribution in [3.63, 3.8) is 0 Å². The second-order valence-corrected chi connectivity index (χ2v) is 4.56. The average molecular weight is 227 g/mol. The highest BCUT2D eigenvalue weighted by Crippen LogP contribution is 2.26. The Hall–Kier alpha value is -1.17. The van der Waals surface area contributed by atoms with Gasteiger partial charge in [-0.1, -0.05) is 0 Å². The second kappa shape index (κ2) is 4.57. The van der Waals surface area contributed by atoms with Crippen molar-refractivity contribution in [3.05, 3.63) is 6.33 Å². The van der Waals surface area contributed by atoms with E-state index in [1.165, 1.54) is 17.9 Å². The molecule has 2 N–H and O–H groups in total. The van der Waals surface area contributed by atoms with Crippen LogP contribution < -0.4 is 5.32 Å². The summed E-state index contributed by atoms with van der Waals surface area (Å²) in [5, 5.41) is 12.9. The maximum absolute atomic E-state index is 10.7. The molecule has 0 aromatic carbocycles. The van der Waals surface area contributed by atoms with E-state index in [-0.39, 0.29) is 5.92 Å². The van der Waals surface area contributed by atoms with Gasteiger partial charge in [-0.3, -0.25) is 4.79 Å². The lowest BCUT2D eigenvalue weighted by Crippen LogP contribution is -2.29. The Kier molecular flexibility index (Phi) is 3.15. The minimum Gasteiger partial charge on any atom is -0.481 e. The van der Waals surface area contributed by atoms with E-state index in [1.54, 1.807) is 0 Å². The van der Waals surface area contributed by atoms with Crippen LogP contribution in [0.4, 0.5) is 5.13 Å². The van der Waals surface area contributed by atoms with Gasteiger partial charge in [-0.05, 0) is 25.7 Å². The molecule has 5 nitrogen and oxygen atoms in total. The van der Waals surface area contributed by atoms with Crippen molar-refractivity contribution >= 4 is 22.6 Å². The Bertz CT molecular complexity index is 320. The van der Waals surface area contributed by atoms with E-state index in [2.05, 4.69) is 14.7 Å². The molecule has 1 aromatic rings. The van der Waals surface area contributed by atoms with Crippen molar-refractivity contribution in [2.75, 3.05) is 5.32 Å². The second-order valence-electron chi connectivity index (χ2n) is 3.78. The van der Waals surface area contributed by atoms with Gasteiger partial charge in [0.05, 0.1) is 5.92 Å². The lowest BCUT2D eigenvalue weighted by atomic mass is 9.86. The first-order chi connectivity index (χ1) is 7.25. The normalized spacial score (nSPS) is 26.1. The standard InChI is InChI=1S/C9H13N3O2S/c13-8(14)6-1-3-7(4-2-6)12-9-10-5-11-15-9/h5-7H,1-4H2,(H,13,14)(H,10,11,12). The summed E-state index contributed by atoms with van der Waals surface area (Å²) in [5.74, 6) is -0.818. The van der Waals surface area contributed by atoms with Crippen molar-refractivity contribution in [1.82, 2.24) is 9.36 Å². The fourth-order valence-corrected chi connectivity index (χ4v) is 2.40. The summed E-state index contributed by atoms with van der Waals surface area (Å²) >= 11 is 1.34. The Morgan fingerprint density at radius 3 is 2.73 bits per heavy atom. The van der Waals surface area contributed by atoms with Gasteiger partial charge in [-0.25, -0.2) is 4.98 Å². The molecule has 1 aromatic heterocycles. The number of carboxylic acid groups (broad SMARTS) is 1. The SMILES string of the molecule is O=C(O)C1CCC(Nc2ncns2)CC1. The first-order valence-electron chi connectivity index (χ1n) is 5.01.